The highest BCUT2D eigenvalue weighted by Crippen LogP contribution is 2.33. The Morgan fingerprint density at radius 1 is 0.356 bits per heavy atom. The predicted molar refractivity (Wildman–Crippen MR) is 351 cm³/mol. The largest absolute Gasteiger partial charge is 0.394 e. The van der Waals surface area contributed by atoms with Gasteiger partial charge >= 0.3 is 0 Å². The van der Waals surface area contributed by atoms with Crippen molar-refractivity contribution in [3.05, 3.63) is 0 Å². The minimum absolute atomic E-state index is 0.237. The summed E-state index contributed by atoms with van der Waals surface area (Å²) < 4.78 is 34.4. The number of ether oxygens (including phenoxy) is 6. The van der Waals surface area contributed by atoms with Crippen LogP contribution in [0.25, 0.3) is 0 Å². The van der Waals surface area contributed by atoms with Crippen molar-refractivity contribution in [2.45, 2.75) is 420 Å². The van der Waals surface area contributed by atoms with Crippen molar-refractivity contribution in [1.82, 2.24) is 5.32 Å². The molecule has 1 amide bonds. The molecule has 90 heavy (non-hydrogen) atoms. The second-order valence-electron chi connectivity index (χ2n) is 27.1. The summed E-state index contributed by atoms with van der Waals surface area (Å²) in [6, 6.07) is -0.880. The molecule has 0 aromatic rings. The van der Waals surface area contributed by atoms with Gasteiger partial charge in [-0.1, -0.05) is 296 Å². The summed E-state index contributed by atoms with van der Waals surface area (Å²) in [5, 5.41) is 120. The predicted octanol–water partition coefficient (Wildman–Crippen LogP) is 10.7. The van der Waals surface area contributed by atoms with E-state index >= 15 is 0 Å². The van der Waals surface area contributed by atoms with Gasteiger partial charge in [-0.3, -0.25) is 4.79 Å². The van der Waals surface area contributed by atoms with E-state index in [-0.39, 0.29) is 18.9 Å². The number of carbonyl (C=O) groups is 1. The van der Waals surface area contributed by atoms with E-state index in [0.29, 0.717) is 12.8 Å². The fourth-order valence-corrected chi connectivity index (χ4v) is 13.1. The Morgan fingerprint density at radius 3 is 0.967 bits per heavy atom. The van der Waals surface area contributed by atoms with E-state index in [2.05, 4.69) is 19.2 Å². The van der Waals surface area contributed by atoms with Gasteiger partial charge < -0.3 is 89.9 Å². The van der Waals surface area contributed by atoms with E-state index in [4.69, 9.17) is 28.4 Å². The number of carbonyl (C=O) groups excluding carboxylic acids is 1. The van der Waals surface area contributed by atoms with Gasteiger partial charge in [-0.15, -0.1) is 0 Å². The summed E-state index contributed by atoms with van der Waals surface area (Å²) in [4.78, 5) is 13.4. The summed E-state index contributed by atoms with van der Waals surface area (Å²) in [5.41, 5.74) is 0. The fourth-order valence-electron chi connectivity index (χ4n) is 13.1. The molecule has 19 nitrogen and oxygen atoms in total. The molecule has 17 unspecified atom stereocenters. The molecule has 17 atom stereocenters. The Labute approximate surface area is 544 Å². The van der Waals surface area contributed by atoms with E-state index in [9.17, 15) is 61.0 Å². The van der Waals surface area contributed by atoms with Gasteiger partial charge in [0.15, 0.2) is 18.9 Å². The summed E-state index contributed by atoms with van der Waals surface area (Å²) >= 11 is 0. The number of unbranched alkanes of at least 4 members (excludes halogenated alkanes) is 43. The molecule has 0 radical (unpaired) electrons. The van der Waals surface area contributed by atoms with Crippen LogP contribution in [0, 0.1) is 0 Å². The van der Waals surface area contributed by atoms with Crippen molar-refractivity contribution in [2.24, 2.45) is 0 Å². The maximum absolute atomic E-state index is 13.4. The maximum Gasteiger partial charge on any atom is 0.220 e. The van der Waals surface area contributed by atoms with Crippen LogP contribution in [-0.2, 0) is 33.2 Å². The first kappa shape index (κ1) is 83.0. The Hall–Kier alpha value is -1.21. The zero-order valence-corrected chi connectivity index (χ0v) is 56.7. The third-order valence-electron chi connectivity index (χ3n) is 19.2. The van der Waals surface area contributed by atoms with Crippen LogP contribution in [-0.4, -0.2) is 193 Å². The van der Waals surface area contributed by atoms with E-state index in [1.807, 2.05) is 0 Å². The van der Waals surface area contributed by atoms with Crippen LogP contribution in [0.4, 0.5) is 0 Å². The van der Waals surface area contributed by atoms with Gasteiger partial charge in [-0.05, 0) is 12.8 Å². The quantitative estimate of drug-likeness (QED) is 0.0252. The van der Waals surface area contributed by atoms with Crippen molar-refractivity contribution in [1.29, 1.82) is 0 Å². The highest BCUT2D eigenvalue weighted by Gasteiger charge is 2.53. The first-order valence-electron chi connectivity index (χ1n) is 37.3. The molecule has 12 N–H and O–H groups in total. The molecule has 0 aromatic carbocycles. The SMILES string of the molecule is CCCCCCCCCCCCCCCCCCCCCCCCCCCCCCCCCCCCCC(=O)NC(COC1OC(CO)C(OC2OC(CO)C(OC3OC(CO)C(O)C(O)C3O)C(O)C2O)C(O)C1O)C(O)CCCCCCCCCCCC. The molecule has 0 spiro atoms. The molecule has 3 saturated heterocycles. The molecule has 3 heterocycles. The third kappa shape index (κ3) is 35.2. The molecule has 0 aromatic heterocycles. The molecule has 3 fully saturated rings. The van der Waals surface area contributed by atoms with Crippen LogP contribution in [0.1, 0.15) is 316 Å². The average Bonchev–Trinajstić information content (AvgIpc) is 1.08. The van der Waals surface area contributed by atoms with Crippen LogP contribution >= 0.6 is 0 Å². The van der Waals surface area contributed by atoms with Crippen molar-refractivity contribution < 1.29 is 89.4 Å². The first-order chi connectivity index (χ1) is 43.8. The van der Waals surface area contributed by atoms with E-state index in [0.717, 1.165) is 44.9 Å². The Morgan fingerprint density at radius 2 is 0.633 bits per heavy atom. The second-order valence-corrected chi connectivity index (χ2v) is 27.1. The smallest absolute Gasteiger partial charge is 0.220 e. The zero-order chi connectivity index (χ0) is 65.4. The number of aliphatic hydroxyl groups is 11. The molecule has 0 saturated carbocycles. The lowest BCUT2D eigenvalue weighted by atomic mass is 9.96. The maximum atomic E-state index is 13.4. The number of hydrogen-bond donors (Lipinski definition) is 12. The van der Waals surface area contributed by atoms with Crippen LogP contribution in [0.2, 0.25) is 0 Å². The molecule has 0 bridgehead atoms. The van der Waals surface area contributed by atoms with E-state index < -0.39 is 124 Å². The lowest BCUT2D eigenvalue weighted by molar-refractivity contribution is -0.379. The van der Waals surface area contributed by atoms with Crippen LogP contribution < -0.4 is 5.32 Å². The number of amides is 1. The summed E-state index contributed by atoms with van der Waals surface area (Å²) in [7, 11) is 0. The van der Waals surface area contributed by atoms with E-state index in [1.54, 1.807) is 0 Å². The third-order valence-corrected chi connectivity index (χ3v) is 19.2. The van der Waals surface area contributed by atoms with Gasteiger partial charge in [-0.2, -0.15) is 0 Å². The molecule has 3 rings (SSSR count). The van der Waals surface area contributed by atoms with Crippen LogP contribution in [0.3, 0.4) is 0 Å². The Balaban J connectivity index is 1.28. The van der Waals surface area contributed by atoms with Gasteiger partial charge in [0.05, 0.1) is 38.6 Å². The number of rotatable bonds is 59. The average molecular weight is 1290 g/mol. The molecule has 534 valence electrons. The highest BCUT2D eigenvalue weighted by atomic mass is 16.8. The Kier molecular flexibility index (Phi) is 49.7. The normalized spacial score (nSPS) is 27.9. The molecule has 3 aliphatic rings. The standard InChI is InChI=1S/C71H137NO18/c1-3-5-7-9-11-13-15-16-17-18-19-20-21-22-23-24-25-26-27-28-29-30-31-32-33-34-35-36-37-38-39-41-43-45-47-49-59(77)72-54(55(76)48-46-44-42-40-14-12-10-8-6-4-2)53-85-69-65(83)62(80)67(57(51-74)87-69)90-71-66(84)63(81)68(58(52-75)88-71)89-70-64(82)61(79)60(78)56(50-73)86-70/h54-58,60-71,73-76,78-84H,3-53H2,1-2H3,(H,72,77). The van der Waals surface area contributed by atoms with Gasteiger partial charge in [0, 0.05) is 6.42 Å². The summed E-state index contributed by atoms with van der Waals surface area (Å²) in [6.45, 7) is 1.81. The summed E-state index contributed by atoms with van der Waals surface area (Å²) in [5.74, 6) is -0.237. The lowest BCUT2D eigenvalue weighted by Gasteiger charge is -2.48. The fraction of sp³-hybridized carbons (Fsp3) is 0.986. The molecule has 3 aliphatic heterocycles. The number of nitrogens with one attached hydrogen (secondary N) is 1. The summed E-state index contributed by atoms with van der Waals surface area (Å²) in [6.07, 6.45) is 32.5. The van der Waals surface area contributed by atoms with Crippen molar-refractivity contribution in [3.63, 3.8) is 0 Å². The van der Waals surface area contributed by atoms with Crippen LogP contribution in [0.15, 0.2) is 0 Å². The first-order valence-corrected chi connectivity index (χ1v) is 37.3. The van der Waals surface area contributed by atoms with Crippen LogP contribution in [0.5, 0.6) is 0 Å². The minimum Gasteiger partial charge on any atom is -0.394 e. The lowest BCUT2D eigenvalue weighted by Crippen LogP contribution is -2.66. The van der Waals surface area contributed by atoms with Crippen molar-refractivity contribution in [3.8, 4) is 0 Å². The monoisotopic (exact) mass is 1290 g/mol. The number of hydrogen-bond acceptors (Lipinski definition) is 18. The topological polar surface area (TPSA) is 307 Å². The van der Waals surface area contributed by atoms with Crippen molar-refractivity contribution in [2.75, 3.05) is 26.4 Å². The molecule has 0 aliphatic carbocycles. The molecular formula is C71H137NO18. The Bertz CT molecular complexity index is 1640. The van der Waals surface area contributed by atoms with Gasteiger partial charge in [-0.25, -0.2) is 0 Å². The number of aliphatic hydroxyl groups excluding tert-OH is 11. The van der Waals surface area contributed by atoms with E-state index in [1.165, 1.54) is 238 Å². The highest BCUT2D eigenvalue weighted by molar-refractivity contribution is 5.76. The minimum atomic E-state index is -1.97. The van der Waals surface area contributed by atoms with Crippen molar-refractivity contribution >= 4 is 5.91 Å². The van der Waals surface area contributed by atoms with Gasteiger partial charge in [0.25, 0.3) is 0 Å². The molecule has 19 heteroatoms. The molecular weight excluding hydrogens is 1150 g/mol. The second kappa shape index (κ2) is 53.9. The van der Waals surface area contributed by atoms with Gasteiger partial charge in [0.2, 0.25) is 5.91 Å². The zero-order valence-electron chi connectivity index (χ0n) is 56.7. The van der Waals surface area contributed by atoms with Gasteiger partial charge in [0.1, 0.15) is 73.2 Å².